The summed E-state index contributed by atoms with van der Waals surface area (Å²) in [5, 5.41) is 0. The Morgan fingerprint density at radius 3 is 2.46 bits per heavy atom. The van der Waals surface area contributed by atoms with Crippen molar-refractivity contribution in [2.45, 2.75) is 0 Å². The maximum Gasteiger partial charge on any atom is 0.228 e. The molecular weight excluding hydrogens is 168 g/mol. The van der Waals surface area contributed by atoms with Gasteiger partial charge in [0.05, 0.1) is 19.1 Å². The topological polar surface area (TPSA) is 32.8 Å². The Balaban J connectivity index is 1.82. The number of carbonyl (C=O) groups excluding carboxylic acids is 1. The van der Waals surface area contributed by atoms with E-state index in [9.17, 15) is 4.79 Å². The molecule has 0 radical (unpaired) electrons. The molecule has 0 unspecified atom stereocenters. The predicted octanol–water partition coefficient (Wildman–Crippen LogP) is -0.593. The van der Waals surface area contributed by atoms with E-state index in [2.05, 4.69) is 4.90 Å². The summed E-state index contributed by atoms with van der Waals surface area (Å²) in [6, 6.07) is 0. The number of nitrogens with zero attached hydrogens (tertiary/aromatic N) is 2. The minimum atomic E-state index is 0.253. The average Bonchev–Trinajstić information content (AvgIpc) is 2.13. The third-order valence-electron chi connectivity index (χ3n) is 2.74. The van der Waals surface area contributed by atoms with E-state index in [4.69, 9.17) is 4.74 Å². The summed E-state index contributed by atoms with van der Waals surface area (Å²) in [4.78, 5) is 15.9. The molecule has 0 bridgehead atoms. The molecule has 4 nitrogen and oxygen atoms in total. The van der Waals surface area contributed by atoms with Crippen molar-refractivity contribution in [2.75, 3.05) is 46.4 Å². The lowest BCUT2D eigenvalue weighted by Gasteiger charge is -2.39. The lowest BCUT2D eigenvalue weighted by Crippen LogP contribution is -2.54. The number of morpholine rings is 1. The number of hydrogen-bond donors (Lipinski definition) is 0. The molecule has 0 aromatic rings. The Morgan fingerprint density at radius 2 is 1.92 bits per heavy atom. The second kappa shape index (κ2) is 3.64. The minimum Gasteiger partial charge on any atom is -0.378 e. The number of likely N-dealkylation sites (tertiary alicyclic amines) is 1. The Morgan fingerprint density at radius 1 is 1.31 bits per heavy atom. The van der Waals surface area contributed by atoms with Crippen LogP contribution in [0.2, 0.25) is 0 Å². The zero-order chi connectivity index (χ0) is 9.26. The minimum absolute atomic E-state index is 0.253. The molecule has 0 spiro atoms. The maximum absolute atomic E-state index is 11.8. The van der Waals surface area contributed by atoms with Crippen molar-refractivity contribution >= 4 is 5.91 Å². The number of hydrogen-bond acceptors (Lipinski definition) is 3. The summed E-state index contributed by atoms with van der Waals surface area (Å²) < 4.78 is 5.20. The Kier molecular flexibility index (Phi) is 2.51. The average molecular weight is 184 g/mol. The van der Waals surface area contributed by atoms with E-state index in [0.29, 0.717) is 19.1 Å². The summed E-state index contributed by atoms with van der Waals surface area (Å²) in [6.45, 7) is 4.81. The molecule has 0 N–H and O–H groups in total. The maximum atomic E-state index is 11.8. The summed E-state index contributed by atoms with van der Waals surface area (Å²) in [5.41, 5.74) is 0. The molecule has 2 saturated heterocycles. The van der Waals surface area contributed by atoms with Gasteiger partial charge in [0.25, 0.3) is 0 Å². The van der Waals surface area contributed by atoms with Gasteiger partial charge in [-0.15, -0.1) is 0 Å². The molecule has 2 aliphatic heterocycles. The molecule has 0 atom stereocenters. The fourth-order valence-corrected chi connectivity index (χ4v) is 1.90. The van der Waals surface area contributed by atoms with Gasteiger partial charge in [-0.2, -0.15) is 0 Å². The Hall–Kier alpha value is -0.610. The normalized spacial score (nSPS) is 25.8. The van der Waals surface area contributed by atoms with Crippen molar-refractivity contribution in [1.82, 2.24) is 9.80 Å². The van der Waals surface area contributed by atoms with Gasteiger partial charge in [0.1, 0.15) is 0 Å². The highest BCUT2D eigenvalue weighted by molar-refractivity contribution is 5.80. The largest absolute Gasteiger partial charge is 0.378 e. The van der Waals surface area contributed by atoms with Gasteiger partial charge in [-0.1, -0.05) is 0 Å². The monoisotopic (exact) mass is 184 g/mol. The number of carbonyl (C=O) groups is 1. The van der Waals surface area contributed by atoms with Gasteiger partial charge in [-0.25, -0.2) is 0 Å². The van der Waals surface area contributed by atoms with Crippen LogP contribution in [0.5, 0.6) is 0 Å². The second-order valence-electron chi connectivity index (χ2n) is 3.86. The smallest absolute Gasteiger partial charge is 0.228 e. The van der Waals surface area contributed by atoms with Crippen LogP contribution in [0.25, 0.3) is 0 Å². The fourth-order valence-electron chi connectivity index (χ4n) is 1.90. The molecule has 0 aliphatic carbocycles. The van der Waals surface area contributed by atoms with E-state index in [-0.39, 0.29) is 5.92 Å². The summed E-state index contributed by atoms with van der Waals surface area (Å²) >= 11 is 0. The standard InChI is InChI=1S/C9H16N2O2/c1-10-6-8(7-10)9(12)11-2-4-13-5-3-11/h8H,2-7H2,1H3. The zero-order valence-electron chi connectivity index (χ0n) is 8.03. The first-order chi connectivity index (χ1) is 6.27. The third-order valence-corrected chi connectivity index (χ3v) is 2.74. The molecule has 2 heterocycles. The molecule has 0 aromatic carbocycles. The highest BCUT2D eigenvalue weighted by atomic mass is 16.5. The molecule has 4 heteroatoms. The van der Waals surface area contributed by atoms with E-state index in [0.717, 1.165) is 26.2 Å². The lowest BCUT2D eigenvalue weighted by molar-refractivity contribution is -0.144. The molecule has 1 amide bonds. The van der Waals surface area contributed by atoms with E-state index < -0.39 is 0 Å². The molecule has 74 valence electrons. The molecular formula is C9H16N2O2. The van der Waals surface area contributed by atoms with Gasteiger partial charge in [0.2, 0.25) is 5.91 Å². The van der Waals surface area contributed by atoms with Crippen LogP contribution in [0.3, 0.4) is 0 Å². The van der Waals surface area contributed by atoms with E-state index >= 15 is 0 Å². The number of amides is 1. The highest BCUT2D eigenvalue weighted by Crippen LogP contribution is 2.16. The van der Waals surface area contributed by atoms with Crippen molar-refractivity contribution in [2.24, 2.45) is 5.92 Å². The van der Waals surface area contributed by atoms with Crippen LogP contribution < -0.4 is 0 Å². The van der Waals surface area contributed by atoms with Gasteiger partial charge < -0.3 is 14.5 Å². The predicted molar refractivity (Wildman–Crippen MR) is 48.4 cm³/mol. The van der Waals surface area contributed by atoms with Crippen LogP contribution in [0.4, 0.5) is 0 Å². The molecule has 2 fully saturated rings. The second-order valence-corrected chi connectivity index (χ2v) is 3.86. The van der Waals surface area contributed by atoms with Gasteiger partial charge in [0, 0.05) is 26.2 Å². The van der Waals surface area contributed by atoms with Crippen molar-refractivity contribution in [1.29, 1.82) is 0 Å². The van der Waals surface area contributed by atoms with E-state index in [1.807, 2.05) is 11.9 Å². The van der Waals surface area contributed by atoms with Gasteiger partial charge in [-0.3, -0.25) is 4.79 Å². The Labute approximate surface area is 78.4 Å². The molecule has 0 saturated carbocycles. The molecule has 0 aromatic heterocycles. The van der Waals surface area contributed by atoms with Crippen LogP contribution in [0.1, 0.15) is 0 Å². The first-order valence-corrected chi connectivity index (χ1v) is 4.82. The van der Waals surface area contributed by atoms with Crippen molar-refractivity contribution in [3.05, 3.63) is 0 Å². The first kappa shape index (κ1) is 8.97. The SMILES string of the molecule is CN1CC(C(=O)N2CCOCC2)C1. The van der Waals surface area contributed by atoms with E-state index in [1.165, 1.54) is 0 Å². The summed E-state index contributed by atoms with van der Waals surface area (Å²) in [6.07, 6.45) is 0. The molecule has 2 aliphatic rings. The summed E-state index contributed by atoms with van der Waals surface area (Å²) in [5.74, 6) is 0.574. The van der Waals surface area contributed by atoms with Crippen LogP contribution in [-0.2, 0) is 9.53 Å². The van der Waals surface area contributed by atoms with E-state index in [1.54, 1.807) is 0 Å². The zero-order valence-corrected chi connectivity index (χ0v) is 8.03. The summed E-state index contributed by atoms with van der Waals surface area (Å²) in [7, 11) is 2.04. The number of rotatable bonds is 1. The molecule has 2 rings (SSSR count). The molecule has 13 heavy (non-hydrogen) atoms. The van der Waals surface area contributed by atoms with Crippen molar-refractivity contribution in [3.8, 4) is 0 Å². The van der Waals surface area contributed by atoms with Gasteiger partial charge in [0.15, 0.2) is 0 Å². The third kappa shape index (κ3) is 1.84. The van der Waals surface area contributed by atoms with Gasteiger partial charge in [-0.05, 0) is 7.05 Å². The van der Waals surface area contributed by atoms with Crippen LogP contribution >= 0.6 is 0 Å². The van der Waals surface area contributed by atoms with Crippen LogP contribution in [-0.4, -0.2) is 62.1 Å². The van der Waals surface area contributed by atoms with Crippen LogP contribution in [0.15, 0.2) is 0 Å². The lowest BCUT2D eigenvalue weighted by atomic mass is 9.99. The number of ether oxygens (including phenoxy) is 1. The van der Waals surface area contributed by atoms with Crippen molar-refractivity contribution < 1.29 is 9.53 Å². The van der Waals surface area contributed by atoms with Crippen LogP contribution in [0, 0.1) is 5.92 Å². The van der Waals surface area contributed by atoms with Gasteiger partial charge >= 0.3 is 0 Å². The van der Waals surface area contributed by atoms with Crippen molar-refractivity contribution in [3.63, 3.8) is 0 Å². The Bertz CT molecular complexity index is 196. The highest BCUT2D eigenvalue weighted by Gasteiger charge is 2.33. The first-order valence-electron chi connectivity index (χ1n) is 4.82. The quantitative estimate of drug-likeness (QED) is 0.546. The fraction of sp³-hybridized carbons (Fsp3) is 0.889.